The van der Waals surface area contributed by atoms with Gasteiger partial charge in [-0.2, -0.15) is 0 Å². The monoisotopic (exact) mass is 293 g/mol. The van der Waals surface area contributed by atoms with Crippen molar-refractivity contribution in [1.29, 1.82) is 0 Å². The average Bonchev–Trinajstić information content (AvgIpc) is 2.49. The summed E-state index contributed by atoms with van der Waals surface area (Å²) in [7, 11) is 3.59. The smallest absolute Gasteiger partial charge is 0.221 e. The van der Waals surface area contributed by atoms with Crippen molar-refractivity contribution in [3.05, 3.63) is 11.9 Å². The number of hydrogen-bond donors (Lipinski definition) is 2. The number of carbonyl (C=O) groups is 1. The summed E-state index contributed by atoms with van der Waals surface area (Å²) in [6, 6.07) is 1.94. The van der Waals surface area contributed by atoms with E-state index in [0.717, 1.165) is 30.4 Å². The van der Waals surface area contributed by atoms with Gasteiger partial charge < -0.3 is 15.5 Å². The Morgan fingerprint density at radius 1 is 1.38 bits per heavy atom. The normalized spacial score (nSPS) is 10.6. The van der Waals surface area contributed by atoms with Gasteiger partial charge in [-0.05, 0) is 6.42 Å². The van der Waals surface area contributed by atoms with Crippen LogP contribution in [0.3, 0.4) is 0 Å². The second kappa shape index (κ2) is 8.44. The van der Waals surface area contributed by atoms with Crippen LogP contribution in [0.4, 0.5) is 11.6 Å². The summed E-state index contributed by atoms with van der Waals surface area (Å²) < 4.78 is 0. The number of amides is 1. The predicted molar refractivity (Wildman–Crippen MR) is 86.9 cm³/mol. The van der Waals surface area contributed by atoms with Crippen LogP contribution in [-0.2, 0) is 4.79 Å². The van der Waals surface area contributed by atoms with Crippen LogP contribution >= 0.6 is 0 Å². The molecule has 6 heteroatoms. The van der Waals surface area contributed by atoms with Gasteiger partial charge in [0, 0.05) is 45.6 Å². The van der Waals surface area contributed by atoms with Crippen molar-refractivity contribution in [2.75, 3.05) is 37.4 Å². The highest BCUT2D eigenvalue weighted by atomic mass is 16.1. The molecule has 2 N–H and O–H groups in total. The number of nitrogens with one attached hydrogen (secondary N) is 2. The third-order valence-electron chi connectivity index (χ3n) is 3.15. The highest BCUT2D eigenvalue weighted by Gasteiger charge is 2.11. The van der Waals surface area contributed by atoms with E-state index in [4.69, 9.17) is 0 Å². The van der Waals surface area contributed by atoms with Crippen LogP contribution in [0.15, 0.2) is 6.07 Å². The number of hydrogen-bond acceptors (Lipinski definition) is 5. The summed E-state index contributed by atoms with van der Waals surface area (Å²) in [5.41, 5.74) is 0. The van der Waals surface area contributed by atoms with Crippen LogP contribution in [-0.4, -0.2) is 43.1 Å². The molecule has 0 unspecified atom stereocenters. The number of aromatic nitrogens is 2. The van der Waals surface area contributed by atoms with Gasteiger partial charge in [0.25, 0.3) is 0 Å². The molecule has 1 aromatic heterocycles. The molecule has 1 rings (SSSR count). The van der Waals surface area contributed by atoms with E-state index < -0.39 is 0 Å². The van der Waals surface area contributed by atoms with Gasteiger partial charge in [0.2, 0.25) is 5.91 Å². The summed E-state index contributed by atoms with van der Waals surface area (Å²) in [6.45, 7) is 7.78. The largest absolute Gasteiger partial charge is 0.370 e. The van der Waals surface area contributed by atoms with Crippen LogP contribution in [0.5, 0.6) is 0 Å². The molecular formula is C15H27N5O. The lowest BCUT2D eigenvalue weighted by atomic mass is 10.2. The highest BCUT2D eigenvalue weighted by Crippen LogP contribution is 2.19. The van der Waals surface area contributed by atoms with E-state index >= 15 is 0 Å². The van der Waals surface area contributed by atoms with E-state index in [2.05, 4.69) is 41.4 Å². The molecule has 0 saturated heterocycles. The van der Waals surface area contributed by atoms with Gasteiger partial charge in [-0.1, -0.05) is 20.8 Å². The number of anilines is 2. The molecule has 0 saturated carbocycles. The van der Waals surface area contributed by atoms with Crippen LogP contribution in [0.25, 0.3) is 0 Å². The maximum atomic E-state index is 11.3. The Hall–Kier alpha value is -1.85. The zero-order valence-electron chi connectivity index (χ0n) is 13.7. The quantitative estimate of drug-likeness (QED) is 0.767. The van der Waals surface area contributed by atoms with Crippen LogP contribution in [0.2, 0.25) is 0 Å². The molecule has 1 heterocycles. The molecule has 1 aromatic rings. The van der Waals surface area contributed by atoms with Crippen molar-refractivity contribution < 1.29 is 4.79 Å². The van der Waals surface area contributed by atoms with Gasteiger partial charge >= 0.3 is 0 Å². The second-order valence-electron chi connectivity index (χ2n) is 5.40. The molecule has 0 aliphatic carbocycles. The zero-order chi connectivity index (χ0) is 15.8. The number of nitrogens with zero attached hydrogens (tertiary/aromatic N) is 3. The first-order valence-corrected chi connectivity index (χ1v) is 7.52. The molecule has 6 nitrogen and oxygen atoms in total. The van der Waals surface area contributed by atoms with Gasteiger partial charge in [0.1, 0.15) is 17.5 Å². The van der Waals surface area contributed by atoms with Crippen molar-refractivity contribution in [3.63, 3.8) is 0 Å². The van der Waals surface area contributed by atoms with E-state index in [1.165, 1.54) is 0 Å². The Balaban J connectivity index is 2.87. The maximum Gasteiger partial charge on any atom is 0.221 e. The first-order valence-electron chi connectivity index (χ1n) is 7.52. The van der Waals surface area contributed by atoms with E-state index in [1.807, 2.05) is 18.0 Å². The Kier molecular flexibility index (Phi) is 6.91. The lowest BCUT2D eigenvalue weighted by Crippen LogP contribution is -2.27. The number of rotatable bonds is 8. The van der Waals surface area contributed by atoms with Crippen molar-refractivity contribution in [1.82, 2.24) is 15.3 Å². The molecule has 0 aliphatic rings. The van der Waals surface area contributed by atoms with Gasteiger partial charge in [0.05, 0.1) is 0 Å². The molecule has 0 spiro atoms. The van der Waals surface area contributed by atoms with Gasteiger partial charge in [-0.25, -0.2) is 9.97 Å². The Labute approximate surface area is 127 Å². The van der Waals surface area contributed by atoms with Crippen molar-refractivity contribution in [2.24, 2.45) is 0 Å². The molecule has 0 atom stereocenters. The van der Waals surface area contributed by atoms with E-state index in [9.17, 15) is 4.79 Å². The third-order valence-corrected chi connectivity index (χ3v) is 3.15. The molecule has 0 aliphatic heterocycles. The highest BCUT2D eigenvalue weighted by molar-refractivity contribution is 5.76. The topological polar surface area (TPSA) is 70.2 Å². The molecule has 0 aromatic carbocycles. The zero-order valence-corrected chi connectivity index (χ0v) is 13.7. The van der Waals surface area contributed by atoms with E-state index in [-0.39, 0.29) is 11.8 Å². The summed E-state index contributed by atoms with van der Waals surface area (Å²) in [5.74, 6) is 2.80. The number of carbonyl (C=O) groups excluding carboxylic acids is 1. The molecule has 21 heavy (non-hydrogen) atoms. The van der Waals surface area contributed by atoms with Crippen LogP contribution in [0.1, 0.15) is 45.4 Å². The SMILES string of the molecule is CCCNc1cc(N(C)CCC(=O)NC)nc(C(C)C)n1. The van der Waals surface area contributed by atoms with Gasteiger partial charge in [-0.3, -0.25) is 4.79 Å². The summed E-state index contributed by atoms with van der Waals surface area (Å²) in [4.78, 5) is 22.5. The fourth-order valence-electron chi connectivity index (χ4n) is 1.76. The fourth-order valence-corrected chi connectivity index (χ4v) is 1.76. The Bertz CT molecular complexity index is 461. The molecule has 118 valence electrons. The average molecular weight is 293 g/mol. The van der Waals surface area contributed by atoms with Crippen LogP contribution < -0.4 is 15.5 Å². The minimum absolute atomic E-state index is 0.0318. The molecule has 1 amide bonds. The summed E-state index contributed by atoms with van der Waals surface area (Å²) in [6.07, 6.45) is 1.49. The van der Waals surface area contributed by atoms with E-state index in [1.54, 1.807) is 7.05 Å². The van der Waals surface area contributed by atoms with Crippen molar-refractivity contribution >= 4 is 17.5 Å². The first kappa shape index (κ1) is 17.2. The van der Waals surface area contributed by atoms with Crippen LogP contribution in [0, 0.1) is 0 Å². The van der Waals surface area contributed by atoms with Gasteiger partial charge in [0.15, 0.2) is 0 Å². The van der Waals surface area contributed by atoms with Gasteiger partial charge in [-0.15, -0.1) is 0 Å². The lowest BCUT2D eigenvalue weighted by Gasteiger charge is -2.20. The first-order chi connectivity index (χ1) is 9.97. The molecule has 0 fully saturated rings. The Morgan fingerprint density at radius 3 is 2.67 bits per heavy atom. The Morgan fingerprint density at radius 2 is 2.10 bits per heavy atom. The second-order valence-corrected chi connectivity index (χ2v) is 5.40. The molecule has 0 bridgehead atoms. The summed E-state index contributed by atoms with van der Waals surface area (Å²) in [5, 5.41) is 5.93. The minimum Gasteiger partial charge on any atom is -0.370 e. The van der Waals surface area contributed by atoms with Crippen molar-refractivity contribution in [2.45, 2.75) is 39.5 Å². The maximum absolute atomic E-state index is 11.3. The predicted octanol–water partition coefficient (Wildman–Crippen LogP) is 1.99. The standard InChI is InChI=1S/C15H27N5O/c1-6-8-17-12-10-13(19-15(18-12)11(2)3)20(5)9-7-14(21)16-4/h10-11H,6-9H2,1-5H3,(H,16,21)(H,17,18,19). The lowest BCUT2D eigenvalue weighted by molar-refractivity contribution is -0.120. The molecular weight excluding hydrogens is 266 g/mol. The third kappa shape index (κ3) is 5.57. The fraction of sp³-hybridized carbons (Fsp3) is 0.667. The van der Waals surface area contributed by atoms with Crippen molar-refractivity contribution in [3.8, 4) is 0 Å². The minimum atomic E-state index is 0.0318. The molecule has 0 radical (unpaired) electrons. The summed E-state index contributed by atoms with van der Waals surface area (Å²) >= 11 is 0. The van der Waals surface area contributed by atoms with E-state index in [0.29, 0.717) is 13.0 Å².